The largest absolute Gasteiger partial charge is 0.507 e. The second kappa shape index (κ2) is 13.9. The molecule has 0 radical (unpaired) electrons. The molecule has 45 heavy (non-hydrogen) atoms. The van der Waals surface area contributed by atoms with Gasteiger partial charge in [0.2, 0.25) is 0 Å². The van der Waals surface area contributed by atoms with Crippen LogP contribution in [0.3, 0.4) is 0 Å². The van der Waals surface area contributed by atoms with Crippen LogP contribution in [0.15, 0.2) is 76.5 Å². The van der Waals surface area contributed by atoms with Crippen molar-refractivity contribution in [2.45, 2.75) is 101 Å². The average molecular weight is 637 g/mol. The summed E-state index contributed by atoms with van der Waals surface area (Å²) in [6, 6.07) is 22.2. The Morgan fingerprint density at radius 1 is 0.689 bits per heavy atom. The number of unbranched alkanes of at least 4 members (excludes halogenated alkanes) is 4. The van der Waals surface area contributed by atoms with Crippen molar-refractivity contribution in [2.75, 3.05) is 0 Å². The first kappa shape index (κ1) is 33.0. The Kier molecular flexibility index (Phi) is 10.2. The number of phenolic OH excluding ortho intramolecular Hbond substituents is 2. The van der Waals surface area contributed by atoms with Crippen LogP contribution in [0.2, 0.25) is 0 Å². The van der Waals surface area contributed by atoms with E-state index in [9.17, 15) is 15.0 Å². The molecule has 2 N–H and O–H groups in total. The number of carbonyl (C=O) groups excluding carboxylic acids is 1. The Balaban J connectivity index is 1.77. The van der Waals surface area contributed by atoms with Crippen LogP contribution in [0.25, 0.3) is 11.1 Å². The summed E-state index contributed by atoms with van der Waals surface area (Å²) in [5, 5.41) is 23.6. The maximum absolute atomic E-state index is 14.9. The Morgan fingerprint density at radius 2 is 1.24 bits per heavy atom. The number of phenols is 2. The van der Waals surface area contributed by atoms with Gasteiger partial charge in [-0.2, -0.15) is 0 Å². The summed E-state index contributed by atoms with van der Waals surface area (Å²) in [4.78, 5) is 17.1. The zero-order valence-corrected chi connectivity index (χ0v) is 28.8. The topological polar surface area (TPSA) is 57.5 Å². The fraction of sp³-hybridized carbons (Fsp3) is 0.350. The molecule has 0 saturated heterocycles. The Labute approximate surface area is 278 Å². The van der Waals surface area contributed by atoms with Gasteiger partial charge in [0.15, 0.2) is 5.78 Å². The van der Waals surface area contributed by atoms with E-state index in [1.165, 1.54) is 5.56 Å². The highest BCUT2D eigenvalue weighted by atomic mass is 32.2. The van der Waals surface area contributed by atoms with E-state index in [4.69, 9.17) is 12.2 Å². The number of rotatable bonds is 11. The molecule has 0 aliphatic heterocycles. The first-order valence-corrected chi connectivity index (χ1v) is 17.5. The van der Waals surface area contributed by atoms with Crippen LogP contribution in [0.5, 0.6) is 11.5 Å². The van der Waals surface area contributed by atoms with E-state index in [1.54, 1.807) is 11.8 Å². The van der Waals surface area contributed by atoms with Crippen LogP contribution in [0, 0.1) is 0 Å². The lowest BCUT2D eigenvalue weighted by molar-refractivity contribution is 0.103. The monoisotopic (exact) mass is 636 g/mol. The molecule has 3 nitrogen and oxygen atoms in total. The number of thiocarbonyl (C=S) groups is 1. The number of carbonyl (C=O) groups is 1. The number of ketones is 1. The molecule has 1 aliphatic rings. The minimum absolute atomic E-state index is 0.0628. The number of aromatic hydroxyl groups is 2. The van der Waals surface area contributed by atoms with Gasteiger partial charge in [0.25, 0.3) is 0 Å². The average Bonchev–Trinajstić information content (AvgIpc) is 3.02. The second-order valence-electron chi connectivity index (χ2n) is 13.1. The van der Waals surface area contributed by atoms with Gasteiger partial charge < -0.3 is 10.2 Å². The molecule has 4 aromatic carbocycles. The molecule has 0 aromatic heterocycles. The van der Waals surface area contributed by atoms with Gasteiger partial charge in [0.1, 0.15) is 11.5 Å². The van der Waals surface area contributed by atoms with Gasteiger partial charge in [-0.05, 0) is 77.1 Å². The first-order chi connectivity index (χ1) is 21.6. The van der Waals surface area contributed by atoms with Gasteiger partial charge in [-0.15, -0.1) is 0 Å². The van der Waals surface area contributed by atoms with Crippen molar-refractivity contribution in [3.8, 4) is 22.6 Å². The highest BCUT2D eigenvalue weighted by Gasteiger charge is 2.38. The molecular weight excluding hydrogens is 593 g/mol. The molecule has 0 unspecified atom stereocenters. The summed E-state index contributed by atoms with van der Waals surface area (Å²) in [7, 11) is 0. The summed E-state index contributed by atoms with van der Waals surface area (Å²) in [5.41, 5.74) is 5.93. The molecule has 234 valence electrons. The number of fused-ring (bicyclic) bond motifs is 2. The molecule has 1 aliphatic carbocycles. The number of hydrogen-bond acceptors (Lipinski definition) is 5. The Morgan fingerprint density at radius 3 is 1.84 bits per heavy atom. The van der Waals surface area contributed by atoms with Crippen LogP contribution >= 0.6 is 24.0 Å². The molecule has 0 spiro atoms. The first-order valence-electron chi connectivity index (χ1n) is 16.3. The number of benzene rings is 4. The van der Waals surface area contributed by atoms with Crippen LogP contribution in [0.1, 0.15) is 117 Å². The van der Waals surface area contributed by atoms with Gasteiger partial charge in [0, 0.05) is 32.0 Å². The SMILES string of the molecule is CCCCCc1cc(Sc2ccccc2C(C)(C)C)c2c(c1O)C(=S)c1c(O)c(CCCCC)cc(-c3ccccc3)c1C2=O. The summed E-state index contributed by atoms with van der Waals surface area (Å²) in [6.07, 6.45) is 7.43. The number of hydrogen-bond donors (Lipinski definition) is 2. The third-order valence-electron chi connectivity index (χ3n) is 8.73. The van der Waals surface area contributed by atoms with Crippen molar-refractivity contribution >= 4 is 34.6 Å². The van der Waals surface area contributed by atoms with Crippen molar-refractivity contribution in [2.24, 2.45) is 0 Å². The van der Waals surface area contributed by atoms with Crippen molar-refractivity contribution in [1.29, 1.82) is 0 Å². The lowest BCUT2D eigenvalue weighted by atomic mass is 9.77. The highest BCUT2D eigenvalue weighted by molar-refractivity contribution is 7.99. The molecule has 0 bridgehead atoms. The number of aryl methyl sites for hydroxylation is 2. The van der Waals surface area contributed by atoms with E-state index in [-0.39, 0.29) is 22.7 Å². The molecule has 5 rings (SSSR count). The van der Waals surface area contributed by atoms with Gasteiger partial charge in [-0.25, -0.2) is 0 Å². The molecule has 0 saturated carbocycles. The van der Waals surface area contributed by atoms with Gasteiger partial charge >= 0.3 is 0 Å². The Bertz CT molecular complexity index is 1730. The molecular formula is C40H44O3S2. The summed E-state index contributed by atoms with van der Waals surface area (Å²) >= 11 is 7.74. The van der Waals surface area contributed by atoms with Crippen LogP contribution in [-0.4, -0.2) is 20.9 Å². The molecule has 0 fully saturated rings. The van der Waals surface area contributed by atoms with E-state index in [0.717, 1.165) is 70.6 Å². The highest BCUT2D eigenvalue weighted by Crippen LogP contribution is 2.49. The van der Waals surface area contributed by atoms with E-state index >= 15 is 0 Å². The summed E-state index contributed by atoms with van der Waals surface area (Å²) < 4.78 is 0. The van der Waals surface area contributed by atoms with Crippen LogP contribution in [-0.2, 0) is 18.3 Å². The van der Waals surface area contributed by atoms with E-state index < -0.39 is 0 Å². The predicted molar refractivity (Wildman–Crippen MR) is 192 cm³/mol. The van der Waals surface area contributed by atoms with E-state index in [1.807, 2.05) is 48.5 Å². The molecule has 5 heteroatoms. The summed E-state index contributed by atoms with van der Waals surface area (Å²) in [5.74, 6) is -0.0857. The van der Waals surface area contributed by atoms with Crippen LogP contribution in [0.4, 0.5) is 0 Å². The maximum atomic E-state index is 14.9. The summed E-state index contributed by atoms with van der Waals surface area (Å²) in [6.45, 7) is 10.9. The van der Waals surface area contributed by atoms with Crippen molar-refractivity contribution in [3.05, 3.63) is 106 Å². The molecule has 4 aromatic rings. The van der Waals surface area contributed by atoms with Crippen LogP contribution < -0.4 is 0 Å². The molecule has 0 heterocycles. The minimum Gasteiger partial charge on any atom is -0.507 e. The van der Waals surface area contributed by atoms with Crippen molar-refractivity contribution < 1.29 is 15.0 Å². The fourth-order valence-electron chi connectivity index (χ4n) is 6.31. The quantitative estimate of drug-likeness (QED) is 0.112. The molecule has 0 atom stereocenters. The molecule has 0 amide bonds. The zero-order chi connectivity index (χ0) is 32.3. The smallest absolute Gasteiger partial charge is 0.196 e. The fourth-order valence-corrected chi connectivity index (χ4v) is 8.08. The van der Waals surface area contributed by atoms with Crippen molar-refractivity contribution in [3.63, 3.8) is 0 Å². The predicted octanol–water partition coefficient (Wildman–Crippen LogP) is 11.0. The normalized spacial score (nSPS) is 12.7. The van der Waals surface area contributed by atoms with Gasteiger partial charge in [0.05, 0.1) is 4.86 Å². The maximum Gasteiger partial charge on any atom is 0.196 e. The van der Waals surface area contributed by atoms with Gasteiger partial charge in [-0.1, -0.05) is 133 Å². The second-order valence-corrected chi connectivity index (χ2v) is 14.6. The van der Waals surface area contributed by atoms with Crippen molar-refractivity contribution in [1.82, 2.24) is 0 Å². The zero-order valence-electron chi connectivity index (χ0n) is 27.1. The standard InChI is InChI=1S/C40H44O3S2/c1-6-8-11-19-26-23-28(25-17-13-10-14-18-25)32-34(36(26)41)39(44)35-33(38(32)43)31(24-27(37(35)42)20-12-9-7-2)45-30-22-16-15-21-29(30)40(3,4)5/h10,13-18,21-24,41-42H,6-9,11-12,19-20H2,1-5H3. The lowest BCUT2D eigenvalue weighted by Gasteiger charge is -2.29. The Hall–Kier alpha value is -3.41. The lowest BCUT2D eigenvalue weighted by Crippen LogP contribution is -2.24. The van der Waals surface area contributed by atoms with E-state index in [0.29, 0.717) is 40.0 Å². The van der Waals surface area contributed by atoms with Gasteiger partial charge in [-0.3, -0.25) is 4.79 Å². The third kappa shape index (κ3) is 6.62. The van der Waals surface area contributed by atoms with E-state index in [2.05, 4.69) is 52.8 Å². The third-order valence-corrected chi connectivity index (χ3v) is 10.3. The minimum atomic E-state index is -0.214.